The van der Waals surface area contributed by atoms with Gasteiger partial charge < -0.3 is 10.5 Å². The van der Waals surface area contributed by atoms with Gasteiger partial charge in [-0.1, -0.05) is 6.07 Å². The third-order valence-corrected chi connectivity index (χ3v) is 2.94. The van der Waals surface area contributed by atoms with E-state index in [9.17, 15) is 0 Å². The molecule has 1 aromatic carbocycles. The van der Waals surface area contributed by atoms with Crippen molar-refractivity contribution in [1.82, 2.24) is 4.98 Å². The van der Waals surface area contributed by atoms with E-state index in [2.05, 4.69) is 20.9 Å². The van der Waals surface area contributed by atoms with Crippen LogP contribution in [0.2, 0.25) is 0 Å². The minimum absolute atomic E-state index is 0.458. The van der Waals surface area contributed by atoms with E-state index in [1.807, 2.05) is 31.2 Å². The molecule has 0 aliphatic rings. The highest BCUT2D eigenvalue weighted by Crippen LogP contribution is 2.30. The minimum atomic E-state index is 0.458. The molecule has 4 heteroatoms. The van der Waals surface area contributed by atoms with Gasteiger partial charge in [0.05, 0.1) is 10.7 Å². The fourth-order valence-corrected chi connectivity index (χ4v) is 2.02. The van der Waals surface area contributed by atoms with Crippen molar-refractivity contribution in [3.63, 3.8) is 0 Å². The van der Waals surface area contributed by atoms with Crippen LogP contribution in [0.1, 0.15) is 11.1 Å². The van der Waals surface area contributed by atoms with Gasteiger partial charge in [0.2, 0.25) is 0 Å². The standard InChI is InChI=1S/C13H13BrN2O/c1-9-2-3-13(12(14)4-9)17-11-5-10(6-15)7-16-8-11/h2-5,7-8H,6,15H2,1H3. The molecule has 0 unspecified atom stereocenters. The molecule has 2 rings (SSSR count). The minimum Gasteiger partial charge on any atom is -0.455 e. The molecule has 0 aliphatic heterocycles. The van der Waals surface area contributed by atoms with E-state index in [1.165, 1.54) is 5.56 Å². The number of nitrogens with zero attached hydrogens (tertiary/aromatic N) is 1. The number of ether oxygens (including phenoxy) is 1. The number of halogens is 1. The summed E-state index contributed by atoms with van der Waals surface area (Å²) in [7, 11) is 0. The number of aromatic nitrogens is 1. The molecular weight excluding hydrogens is 280 g/mol. The summed E-state index contributed by atoms with van der Waals surface area (Å²) in [6.07, 6.45) is 3.41. The fraction of sp³-hybridized carbons (Fsp3) is 0.154. The number of pyridine rings is 1. The number of nitrogens with two attached hydrogens (primary N) is 1. The molecule has 0 fully saturated rings. The Kier molecular flexibility index (Phi) is 3.76. The second-order valence-corrected chi connectivity index (χ2v) is 4.62. The summed E-state index contributed by atoms with van der Waals surface area (Å²) in [4.78, 5) is 4.08. The molecule has 0 atom stereocenters. The topological polar surface area (TPSA) is 48.1 Å². The Balaban J connectivity index is 2.25. The van der Waals surface area contributed by atoms with Crippen LogP contribution in [-0.4, -0.2) is 4.98 Å². The zero-order valence-corrected chi connectivity index (χ0v) is 11.1. The van der Waals surface area contributed by atoms with Crippen molar-refractivity contribution in [2.24, 2.45) is 5.73 Å². The Morgan fingerprint density at radius 2 is 2.12 bits per heavy atom. The summed E-state index contributed by atoms with van der Waals surface area (Å²) < 4.78 is 6.67. The maximum Gasteiger partial charge on any atom is 0.146 e. The lowest BCUT2D eigenvalue weighted by Crippen LogP contribution is -1.97. The Morgan fingerprint density at radius 1 is 1.29 bits per heavy atom. The van der Waals surface area contributed by atoms with Gasteiger partial charge in [-0.15, -0.1) is 0 Å². The van der Waals surface area contributed by atoms with Crippen LogP contribution in [0, 0.1) is 6.92 Å². The fourth-order valence-electron chi connectivity index (χ4n) is 1.45. The highest BCUT2D eigenvalue weighted by Gasteiger charge is 2.03. The summed E-state index contributed by atoms with van der Waals surface area (Å²) >= 11 is 3.47. The normalized spacial score (nSPS) is 10.3. The van der Waals surface area contributed by atoms with Gasteiger partial charge in [0.25, 0.3) is 0 Å². The average molecular weight is 293 g/mol. The van der Waals surface area contributed by atoms with Gasteiger partial charge in [-0.05, 0) is 52.2 Å². The molecule has 1 heterocycles. The molecule has 0 amide bonds. The highest BCUT2D eigenvalue weighted by molar-refractivity contribution is 9.10. The van der Waals surface area contributed by atoms with Crippen molar-refractivity contribution in [2.75, 3.05) is 0 Å². The first-order chi connectivity index (χ1) is 8.19. The third-order valence-electron chi connectivity index (χ3n) is 2.32. The van der Waals surface area contributed by atoms with Crippen LogP contribution >= 0.6 is 15.9 Å². The van der Waals surface area contributed by atoms with Crippen molar-refractivity contribution in [2.45, 2.75) is 13.5 Å². The number of hydrogen-bond acceptors (Lipinski definition) is 3. The van der Waals surface area contributed by atoms with Gasteiger partial charge in [0.15, 0.2) is 0 Å². The first-order valence-electron chi connectivity index (χ1n) is 5.27. The molecule has 2 N–H and O–H groups in total. The van der Waals surface area contributed by atoms with Crippen molar-refractivity contribution < 1.29 is 4.74 Å². The van der Waals surface area contributed by atoms with Crippen LogP contribution in [0.25, 0.3) is 0 Å². The number of benzene rings is 1. The van der Waals surface area contributed by atoms with Crippen LogP contribution in [0.3, 0.4) is 0 Å². The molecule has 0 saturated heterocycles. The maximum atomic E-state index is 5.74. The molecule has 0 saturated carbocycles. The van der Waals surface area contributed by atoms with Crippen LogP contribution in [0.15, 0.2) is 41.1 Å². The largest absolute Gasteiger partial charge is 0.455 e. The average Bonchev–Trinajstić information content (AvgIpc) is 2.33. The van der Waals surface area contributed by atoms with Crippen LogP contribution in [-0.2, 0) is 6.54 Å². The maximum absolute atomic E-state index is 5.74. The lowest BCUT2D eigenvalue weighted by atomic mass is 10.2. The predicted octanol–water partition coefficient (Wildman–Crippen LogP) is 3.40. The molecular formula is C13H13BrN2O. The first-order valence-corrected chi connectivity index (χ1v) is 6.06. The van der Waals surface area contributed by atoms with Gasteiger partial charge in [-0.3, -0.25) is 4.98 Å². The summed E-state index contributed by atoms with van der Waals surface area (Å²) in [5.74, 6) is 1.46. The molecule has 17 heavy (non-hydrogen) atoms. The number of hydrogen-bond donors (Lipinski definition) is 1. The second kappa shape index (κ2) is 5.29. The smallest absolute Gasteiger partial charge is 0.146 e. The first kappa shape index (κ1) is 12.1. The van der Waals surface area contributed by atoms with Crippen LogP contribution in [0.5, 0.6) is 11.5 Å². The summed E-state index contributed by atoms with van der Waals surface area (Å²) in [6.45, 7) is 2.49. The van der Waals surface area contributed by atoms with E-state index in [0.29, 0.717) is 12.3 Å². The number of aryl methyl sites for hydroxylation is 1. The lowest BCUT2D eigenvalue weighted by molar-refractivity contribution is 0.476. The van der Waals surface area contributed by atoms with E-state index >= 15 is 0 Å². The van der Waals surface area contributed by atoms with E-state index < -0.39 is 0 Å². The van der Waals surface area contributed by atoms with E-state index in [0.717, 1.165) is 15.8 Å². The Morgan fingerprint density at radius 3 is 2.82 bits per heavy atom. The van der Waals surface area contributed by atoms with E-state index in [1.54, 1.807) is 12.4 Å². The Hall–Kier alpha value is -1.39. The van der Waals surface area contributed by atoms with Crippen LogP contribution in [0.4, 0.5) is 0 Å². The third kappa shape index (κ3) is 3.05. The molecule has 1 aromatic heterocycles. The zero-order valence-electron chi connectivity index (χ0n) is 9.48. The van der Waals surface area contributed by atoms with Crippen molar-refractivity contribution in [3.8, 4) is 11.5 Å². The predicted molar refractivity (Wildman–Crippen MR) is 71.1 cm³/mol. The van der Waals surface area contributed by atoms with Crippen molar-refractivity contribution >= 4 is 15.9 Å². The Bertz CT molecular complexity index is 529. The monoisotopic (exact) mass is 292 g/mol. The Labute approximate surface area is 109 Å². The quantitative estimate of drug-likeness (QED) is 0.943. The van der Waals surface area contributed by atoms with Gasteiger partial charge in [0.1, 0.15) is 11.5 Å². The SMILES string of the molecule is Cc1ccc(Oc2cncc(CN)c2)c(Br)c1. The summed E-state index contributed by atoms with van der Waals surface area (Å²) in [5.41, 5.74) is 7.69. The zero-order chi connectivity index (χ0) is 12.3. The molecule has 0 bridgehead atoms. The highest BCUT2D eigenvalue weighted by atomic mass is 79.9. The molecule has 0 radical (unpaired) electrons. The van der Waals surface area contributed by atoms with E-state index in [4.69, 9.17) is 10.5 Å². The second-order valence-electron chi connectivity index (χ2n) is 3.77. The van der Waals surface area contributed by atoms with Crippen molar-refractivity contribution in [1.29, 1.82) is 0 Å². The van der Waals surface area contributed by atoms with E-state index in [-0.39, 0.29) is 0 Å². The van der Waals surface area contributed by atoms with Crippen LogP contribution < -0.4 is 10.5 Å². The van der Waals surface area contributed by atoms with Gasteiger partial charge in [-0.25, -0.2) is 0 Å². The molecule has 2 aromatic rings. The van der Waals surface area contributed by atoms with Gasteiger partial charge >= 0.3 is 0 Å². The lowest BCUT2D eigenvalue weighted by Gasteiger charge is -2.08. The molecule has 3 nitrogen and oxygen atoms in total. The van der Waals surface area contributed by atoms with Gasteiger partial charge in [0, 0.05) is 12.7 Å². The summed E-state index contributed by atoms with van der Waals surface area (Å²) in [5, 5.41) is 0. The summed E-state index contributed by atoms with van der Waals surface area (Å²) in [6, 6.07) is 7.82. The van der Waals surface area contributed by atoms with Crippen molar-refractivity contribution in [3.05, 3.63) is 52.3 Å². The molecule has 0 aliphatic carbocycles. The number of rotatable bonds is 3. The van der Waals surface area contributed by atoms with Gasteiger partial charge in [-0.2, -0.15) is 0 Å². The molecule has 0 spiro atoms. The molecule has 88 valence electrons.